The van der Waals surface area contributed by atoms with Crippen molar-refractivity contribution in [3.8, 4) is 0 Å². The van der Waals surface area contributed by atoms with Gasteiger partial charge >= 0.3 is 5.69 Å². The highest BCUT2D eigenvalue weighted by Gasteiger charge is 2.15. The Labute approximate surface area is 142 Å². The van der Waals surface area contributed by atoms with Crippen LogP contribution in [0.15, 0.2) is 4.79 Å². The van der Waals surface area contributed by atoms with E-state index in [4.69, 9.17) is 0 Å². The number of aromatic amines is 2. The first-order chi connectivity index (χ1) is 11.6. The van der Waals surface area contributed by atoms with Crippen molar-refractivity contribution in [2.24, 2.45) is 0 Å². The molecule has 134 valence electrons. The summed E-state index contributed by atoms with van der Waals surface area (Å²) in [5, 5.41) is 3.28. The summed E-state index contributed by atoms with van der Waals surface area (Å²) in [6.07, 6.45) is 1.02. The van der Waals surface area contributed by atoms with Crippen molar-refractivity contribution >= 4 is 22.9 Å². The van der Waals surface area contributed by atoms with Crippen LogP contribution in [0, 0.1) is 0 Å². The molecule has 0 fully saturated rings. The van der Waals surface area contributed by atoms with Gasteiger partial charge in [0.15, 0.2) is 11.5 Å². The second-order valence-electron chi connectivity index (χ2n) is 5.65. The molecule has 8 heteroatoms. The summed E-state index contributed by atoms with van der Waals surface area (Å²) in [6.45, 7) is 14.1. The summed E-state index contributed by atoms with van der Waals surface area (Å²) in [5.74, 6) is 1.31. The molecule has 8 nitrogen and oxygen atoms in total. The maximum absolute atomic E-state index is 11.6. The van der Waals surface area contributed by atoms with Gasteiger partial charge in [0, 0.05) is 19.6 Å². The molecule has 0 aromatic carbocycles. The van der Waals surface area contributed by atoms with E-state index < -0.39 is 0 Å². The fourth-order valence-corrected chi connectivity index (χ4v) is 2.78. The van der Waals surface area contributed by atoms with Gasteiger partial charge in [0.05, 0.1) is 0 Å². The Morgan fingerprint density at radius 3 is 2.33 bits per heavy atom. The van der Waals surface area contributed by atoms with Gasteiger partial charge in [-0.2, -0.15) is 9.97 Å². The predicted octanol–water partition coefficient (Wildman–Crippen LogP) is 1.64. The van der Waals surface area contributed by atoms with Crippen LogP contribution in [-0.4, -0.2) is 64.1 Å². The molecule has 0 unspecified atom stereocenters. The monoisotopic (exact) mass is 335 g/mol. The largest absolute Gasteiger partial charge is 0.355 e. The van der Waals surface area contributed by atoms with E-state index in [1.807, 2.05) is 0 Å². The minimum Gasteiger partial charge on any atom is -0.355 e. The minimum absolute atomic E-state index is 0.258. The van der Waals surface area contributed by atoms with Crippen molar-refractivity contribution in [3.05, 3.63) is 10.5 Å². The number of rotatable bonds is 10. The van der Waals surface area contributed by atoms with Gasteiger partial charge in [-0.05, 0) is 39.9 Å². The summed E-state index contributed by atoms with van der Waals surface area (Å²) in [6, 6.07) is 0. The molecular formula is C16H29N7O. The van der Waals surface area contributed by atoms with E-state index in [0.717, 1.165) is 51.5 Å². The molecule has 2 heterocycles. The van der Waals surface area contributed by atoms with Crippen LogP contribution in [0.3, 0.4) is 0 Å². The number of fused-ring (bicyclic) bond motifs is 1. The number of H-pyrrole nitrogens is 2. The maximum Gasteiger partial charge on any atom is 0.325 e. The van der Waals surface area contributed by atoms with E-state index in [1.165, 1.54) is 0 Å². The Morgan fingerprint density at radius 1 is 1.00 bits per heavy atom. The number of anilines is 2. The molecule has 3 N–H and O–H groups in total. The van der Waals surface area contributed by atoms with Crippen LogP contribution in [0.4, 0.5) is 11.8 Å². The first-order valence-corrected chi connectivity index (χ1v) is 8.84. The average Bonchev–Trinajstić information content (AvgIpc) is 2.96. The zero-order valence-electron chi connectivity index (χ0n) is 15.1. The standard InChI is InChI=1S/C16H29N7O/c1-5-22(6-2)11-9-10-17-15-19-13-12(18-16(24)20-13)14(21-15)23(7-3)8-4/h5-11H2,1-4H3,(H3,17,18,19,20,21,24). The fourth-order valence-electron chi connectivity index (χ4n) is 2.78. The molecule has 0 aliphatic rings. The van der Waals surface area contributed by atoms with Gasteiger partial charge in [0.1, 0.15) is 5.52 Å². The normalized spacial score (nSPS) is 11.4. The zero-order valence-corrected chi connectivity index (χ0v) is 15.1. The molecule has 0 aliphatic heterocycles. The van der Waals surface area contributed by atoms with Gasteiger partial charge in [-0.25, -0.2) is 4.79 Å². The third-order valence-electron chi connectivity index (χ3n) is 4.25. The average molecular weight is 335 g/mol. The number of hydrogen-bond acceptors (Lipinski definition) is 6. The van der Waals surface area contributed by atoms with Gasteiger partial charge in [0.2, 0.25) is 5.95 Å². The Kier molecular flexibility index (Phi) is 6.60. The first-order valence-electron chi connectivity index (χ1n) is 8.84. The highest BCUT2D eigenvalue weighted by molar-refractivity contribution is 5.84. The lowest BCUT2D eigenvalue weighted by Crippen LogP contribution is -2.26. The lowest BCUT2D eigenvalue weighted by atomic mass is 10.3. The number of aromatic nitrogens is 4. The van der Waals surface area contributed by atoms with E-state index in [9.17, 15) is 4.79 Å². The summed E-state index contributed by atoms with van der Waals surface area (Å²) in [7, 11) is 0. The van der Waals surface area contributed by atoms with E-state index in [-0.39, 0.29) is 5.69 Å². The van der Waals surface area contributed by atoms with Crippen LogP contribution in [0.5, 0.6) is 0 Å². The number of hydrogen-bond donors (Lipinski definition) is 3. The Hall–Kier alpha value is -2.09. The summed E-state index contributed by atoms with van der Waals surface area (Å²) in [5.41, 5.74) is 0.951. The topological polar surface area (TPSA) is 92.9 Å². The van der Waals surface area contributed by atoms with Crippen LogP contribution in [0.25, 0.3) is 11.2 Å². The highest BCUT2D eigenvalue weighted by Crippen LogP contribution is 2.21. The first kappa shape index (κ1) is 18.3. The molecule has 2 aromatic heterocycles. The summed E-state index contributed by atoms with van der Waals surface area (Å²) in [4.78, 5) is 30.7. The summed E-state index contributed by atoms with van der Waals surface area (Å²) >= 11 is 0. The molecule has 0 saturated heterocycles. The number of nitrogens with one attached hydrogen (secondary N) is 3. The second kappa shape index (κ2) is 8.68. The van der Waals surface area contributed by atoms with E-state index >= 15 is 0 Å². The molecule has 0 amide bonds. The van der Waals surface area contributed by atoms with Crippen molar-refractivity contribution < 1.29 is 0 Å². The predicted molar refractivity (Wildman–Crippen MR) is 99.0 cm³/mol. The Balaban J connectivity index is 2.14. The fraction of sp³-hybridized carbons (Fsp3) is 0.688. The van der Waals surface area contributed by atoms with Crippen molar-refractivity contribution in [2.45, 2.75) is 34.1 Å². The van der Waals surface area contributed by atoms with E-state index in [2.05, 4.69) is 62.7 Å². The number of imidazole rings is 1. The lowest BCUT2D eigenvalue weighted by molar-refractivity contribution is 0.303. The number of nitrogens with zero attached hydrogens (tertiary/aromatic N) is 4. The summed E-state index contributed by atoms with van der Waals surface area (Å²) < 4.78 is 0. The smallest absolute Gasteiger partial charge is 0.325 e. The van der Waals surface area contributed by atoms with Gasteiger partial charge < -0.3 is 20.1 Å². The van der Waals surface area contributed by atoms with Gasteiger partial charge in [-0.3, -0.25) is 4.98 Å². The van der Waals surface area contributed by atoms with Gasteiger partial charge in [-0.15, -0.1) is 0 Å². The van der Waals surface area contributed by atoms with E-state index in [1.54, 1.807) is 0 Å². The third-order valence-corrected chi connectivity index (χ3v) is 4.25. The molecule has 2 rings (SSSR count). The van der Waals surface area contributed by atoms with Gasteiger partial charge in [-0.1, -0.05) is 13.8 Å². The van der Waals surface area contributed by atoms with Crippen LogP contribution >= 0.6 is 0 Å². The highest BCUT2D eigenvalue weighted by atomic mass is 16.1. The van der Waals surface area contributed by atoms with Crippen LogP contribution < -0.4 is 15.9 Å². The van der Waals surface area contributed by atoms with Crippen molar-refractivity contribution in [3.63, 3.8) is 0 Å². The maximum atomic E-state index is 11.6. The molecule has 24 heavy (non-hydrogen) atoms. The van der Waals surface area contributed by atoms with Crippen molar-refractivity contribution in [1.82, 2.24) is 24.8 Å². The van der Waals surface area contributed by atoms with Crippen LogP contribution in [0.1, 0.15) is 34.1 Å². The van der Waals surface area contributed by atoms with Crippen molar-refractivity contribution in [1.29, 1.82) is 0 Å². The third kappa shape index (κ3) is 4.25. The lowest BCUT2D eigenvalue weighted by Gasteiger charge is -2.21. The SMILES string of the molecule is CCN(CC)CCCNc1nc(N(CC)CC)c2[nH]c(=O)[nH]c2n1. The van der Waals surface area contributed by atoms with Crippen LogP contribution in [-0.2, 0) is 0 Å². The minimum atomic E-state index is -0.258. The van der Waals surface area contributed by atoms with Crippen LogP contribution in [0.2, 0.25) is 0 Å². The quantitative estimate of drug-likeness (QED) is 0.572. The molecule has 0 bridgehead atoms. The van der Waals surface area contributed by atoms with Crippen molar-refractivity contribution in [2.75, 3.05) is 49.5 Å². The molecule has 0 spiro atoms. The molecule has 0 saturated carbocycles. The molecule has 0 aliphatic carbocycles. The zero-order chi connectivity index (χ0) is 17.5. The molecular weight excluding hydrogens is 306 g/mol. The Morgan fingerprint density at radius 2 is 1.71 bits per heavy atom. The molecule has 0 atom stereocenters. The van der Waals surface area contributed by atoms with E-state index in [0.29, 0.717) is 17.1 Å². The second-order valence-corrected chi connectivity index (χ2v) is 5.65. The Bertz CT molecular complexity index is 685. The van der Waals surface area contributed by atoms with Gasteiger partial charge in [0.25, 0.3) is 0 Å². The molecule has 0 radical (unpaired) electrons. The molecule has 2 aromatic rings.